The Morgan fingerprint density at radius 3 is 2.22 bits per heavy atom. The Bertz CT molecular complexity index is 1130. The van der Waals surface area contributed by atoms with Crippen LogP contribution in [0.3, 0.4) is 0 Å². The van der Waals surface area contributed by atoms with E-state index in [1.165, 1.54) is 11.1 Å². The number of hydrogen-bond acceptors (Lipinski definition) is 5. The quantitative estimate of drug-likeness (QED) is 0.195. The first-order valence-electron chi connectivity index (χ1n) is 16.2. The summed E-state index contributed by atoms with van der Waals surface area (Å²) in [4.78, 5) is 2.44. The van der Waals surface area contributed by atoms with Crippen molar-refractivity contribution in [2.24, 2.45) is 17.3 Å². The third kappa shape index (κ3) is 6.87. The van der Waals surface area contributed by atoms with E-state index in [1.807, 2.05) is 6.07 Å². The molecule has 1 aromatic rings. The summed E-state index contributed by atoms with van der Waals surface area (Å²) in [6.45, 7) is 6.26. The molecule has 3 fully saturated rings. The highest BCUT2D eigenvalue weighted by molar-refractivity contribution is 5.40. The van der Waals surface area contributed by atoms with Gasteiger partial charge in [0.25, 0.3) is 0 Å². The Morgan fingerprint density at radius 1 is 0.848 bits per heavy atom. The molecule has 0 bridgehead atoms. The Morgan fingerprint density at radius 2 is 1.54 bits per heavy atom. The highest BCUT2D eigenvalue weighted by Crippen LogP contribution is 2.62. The molecule has 5 atom stereocenters. The Hall–Kier alpha value is -1.77. The van der Waals surface area contributed by atoms with Crippen molar-refractivity contribution in [1.29, 1.82) is 0 Å². The van der Waals surface area contributed by atoms with Gasteiger partial charge in [0.15, 0.2) is 0 Å². The van der Waals surface area contributed by atoms with Crippen molar-refractivity contribution in [2.45, 2.75) is 94.4 Å². The first kappa shape index (κ1) is 35.5. The van der Waals surface area contributed by atoms with Gasteiger partial charge in [0.2, 0.25) is 0 Å². The zero-order valence-electron chi connectivity index (χ0n) is 25.9. The van der Waals surface area contributed by atoms with E-state index in [4.69, 9.17) is 9.47 Å². The standard InChI is InChI=1S/C32H43F9N2O3/c1-28-11-10-24-23-7-5-22(44-17-2-14-43-15-12-42-13-16-43)20-21(23)4-6-25(24)26(28)8-9-27(28)45-18-3-19-46-29(30(33,34)35,31(36,37)38)32(39,40)41/h5,7,20,24-27,42H,2-4,6,8-19H2,1H3/t24?,25?,26?,27-,28-/m0/s1. The van der Waals surface area contributed by atoms with Crippen LogP contribution < -0.4 is 10.1 Å². The molecule has 0 amide bonds. The minimum Gasteiger partial charge on any atom is -0.494 e. The molecule has 0 radical (unpaired) electrons. The molecule has 5 nitrogen and oxygen atoms in total. The average Bonchev–Trinajstić information content (AvgIpc) is 3.31. The van der Waals surface area contributed by atoms with Crippen LogP contribution in [0.1, 0.15) is 68.9 Å². The van der Waals surface area contributed by atoms with Gasteiger partial charge in [-0.2, -0.15) is 39.5 Å². The normalized spacial score (nSPS) is 29.3. The van der Waals surface area contributed by atoms with Gasteiger partial charge in [-0.25, -0.2) is 0 Å². The number of aryl methyl sites for hydroxylation is 1. The summed E-state index contributed by atoms with van der Waals surface area (Å²) in [7, 11) is 0. The summed E-state index contributed by atoms with van der Waals surface area (Å²) in [5.74, 6) is 2.01. The first-order chi connectivity index (χ1) is 21.6. The molecule has 3 aliphatic carbocycles. The molecular weight excluding hydrogens is 631 g/mol. The third-order valence-corrected chi connectivity index (χ3v) is 10.8. The molecule has 4 aliphatic rings. The molecule has 1 saturated heterocycles. The van der Waals surface area contributed by atoms with Gasteiger partial charge in [-0.05, 0) is 97.8 Å². The van der Waals surface area contributed by atoms with Crippen LogP contribution in [0.4, 0.5) is 39.5 Å². The molecule has 14 heteroatoms. The van der Waals surface area contributed by atoms with Crippen molar-refractivity contribution in [3.05, 3.63) is 29.3 Å². The number of rotatable bonds is 11. The van der Waals surface area contributed by atoms with Crippen molar-refractivity contribution < 1.29 is 53.7 Å². The molecule has 2 saturated carbocycles. The van der Waals surface area contributed by atoms with Crippen molar-refractivity contribution >= 4 is 0 Å². The maximum atomic E-state index is 13.1. The van der Waals surface area contributed by atoms with E-state index in [9.17, 15) is 39.5 Å². The molecular formula is C32H43F9N2O3. The molecule has 46 heavy (non-hydrogen) atoms. The Labute approximate surface area is 263 Å². The average molecular weight is 675 g/mol. The predicted molar refractivity (Wildman–Crippen MR) is 152 cm³/mol. The Balaban J connectivity index is 1.12. The van der Waals surface area contributed by atoms with Crippen LogP contribution in [-0.4, -0.2) is 87.7 Å². The van der Waals surface area contributed by atoms with Crippen molar-refractivity contribution in [3.63, 3.8) is 0 Å². The van der Waals surface area contributed by atoms with Gasteiger partial charge in [0.1, 0.15) is 5.75 Å². The van der Waals surface area contributed by atoms with Gasteiger partial charge in [-0.1, -0.05) is 13.0 Å². The second-order valence-corrected chi connectivity index (χ2v) is 13.4. The number of nitrogens with one attached hydrogen (secondary N) is 1. The highest BCUT2D eigenvalue weighted by Gasteiger charge is 2.85. The summed E-state index contributed by atoms with van der Waals surface area (Å²) in [5, 5.41) is 3.35. The lowest BCUT2D eigenvalue weighted by Gasteiger charge is -2.50. The maximum absolute atomic E-state index is 13.1. The monoisotopic (exact) mass is 674 g/mol. The van der Waals surface area contributed by atoms with Crippen LogP contribution in [0.15, 0.2) is 18.2 Å². The predicted octanol–water partition coefficient (Wildman–Crippen LogP) is 7.43. The Kier molecular flexibility index (Phi) is 10.5. The van der Waals surface area contributed by atoms with Gasteiger partial charge >= 0.3 is 24.1 Å². The second-order valence-electron chi connectivity index (χ2n) is 13.4. The zero-order valence-corrected chi connectivity index (χ0v) is 25.9. The number of alkyl halides is 9. The van der Waals surface area contributed by atoms with E-state index >= 15 is 0 Å². The van der Waals surface area contributed by atoms with Crippen LogP contribution in [-0.2, 0) is 15.9 Å². The van der Waals surface area contributed by atoms with Crippen molar-refractivity contribution in [3.8, 4) is 5.75 Å². The van der Waals surface area contributed by atoms with Crippen LogP contribution in [0.25, 0.3) is 0 Å². The fraction of sp³-hybridized carbons (Fsp3) is 0.812. The maximum Gasteiger partial charge on any atom is 0.435 e. The molecule has 1 heterocycles. The number of halogens is 9. The van der Waals surface area contributed by atoms with Crippen molar-refractivity contribution in [2.75, 3.05) is 52.5 Å². The summed E-state index contributed by atoms with van der Waals surface area (Å²) in [5.41, 5.74) is -3.83. The first-order valence-corrected chi connectivity index (χ1v) is 16.2. The van der Waals surface area contributed by atoms with Crippen LogP contribution in [0.5, 0.6) is 5.75 Å². The van der Waals surface area contributed by atoms with E-state index < -0.39 is 37.2 Å². The zero-order chi connectivity index (χ0) is 33.4. The van der Waals surface area contributed by atoms with E-state index in [-0.39, 0.29) is 18.1 Å². The lowest BCUT2D eigenvalue weighted by Crippen LogP contribution is -2.67. The summed E-state index contributed by atoms with van der Waals surface area (Å²) in [6, 6.07) is 6.40. The minimum absolute atomic E-state index is 0.235. The van der Waals surface area contributed by atoms with E-state index in [0.717, 1.165) is 77.0 Å². The number of hydrogen-bond donors (Lipinski definition) is 1. The summed E-state index contributed by atoms with van der Waals surface area (Å²) >= 11 is 0. The molecule has 0 spiro atoms. The van der Waals surface area contributed by atoms with Crippen LogP contribution in [0.2, 0.25) is 0 Å². The topological polar surface area (TPSA) is 43.0 Å². The van der Waals surface area contributed by atoms with Gasteiger partial charge in [0.05, 0.1) is 19.3 Å². The number of ether oxygens (including phenoxy) is 3. The van der Waals surface area contributed by atoms with Crippen molar-refractivity contribution in [1.82, 2.24) is 10.2 Å². The van der Waals surface area contributed by atoms with Gasteiger partial charge in [0, 0.05) is 39.3 Å². The molecule has 0 aromatic heterocycles. The van der Waals surface area contributed by atoms with Crippen LogP contribution in [0, 0.1) is 17.3 Å². The molecule has 1 aliphatic heterocycles. The number of nitrogens with zero attached hydrogens (tertiary/aromatic N) is 1. The molecule has 1 N–H and O–H groups in total. The fourth-order valence-electron chi connectivity index (χ4n) is 8.52. The lowest BCUT2D eigenvalue weighted by molar-refractivity contribution is -0.457. The number of fused-ring (bicyclic) bond motifs is 5. The van der Waals surface area contributed by atoms with Gasteiger partial charge in [-0.3, -0.25) is 0 Å². The molecule has 262 valence electrons. The summed E-state index contributed by atoms with van der Waals surface area (Å²) < 4.78 is 134. The smallest absolute Gasteiger partial charge is 0.435 e. The largest absolute Gasteiger partial charge is 0.494 e. The summed E-state index contributed by atoms with van der Waals surface area (Å²) in [6.07, 6.45) is -14.8. The van der Waals surface area contributed by atoms with Gasteiger partial charge in [-0.15, -0.1) is 0 Å². The number of benzene rings is 1. The molecule has 3 unspecified atom stereocenters. The van der Waals surface area contributed by atoms with Crippen LogP contribution >= 0.6 is 0 Å². The SMILES string of the molecule is C[C@]12CCC3c4ccc(OCCCN5CCNCC5)cc4CCC3C1CC[C@@H]2OCCCOC(C(F)(F)F)(C(F)(F)F)C(F)(F)F. The highest BCUT2D eigenvalue weighted by atomic mass is 19.4. The second kappa shape index (κ2) is 13.6. The molecule has 1 aromatic carbocycles. The van der Waals surface area contributed by atoms with Gasteiger partial charge < -0.3 is 24.4 Å². The lowest BCUT2D eigenvalue weighted by atomic mass is 9.55. The van der Waals surface area contributed by atoms with E-state index in [0.29, 0.717) is 30.8 Å². The minimum atomic E-state index is -6.73. The van der Waals surface area contributed by atoms with E-state index in [2.05, 4.69) is 34.0 Å². The molecule has 5 rings (SSSR count). The van der Waals surface area contributed by atoms with E-state index in [1.54, 1.807) is 0 Å². The number of piperazine rings is 1. The fourth-order valence-corrected chi connectivity index (χ4v) is 8.52. The third-order valence-electron chi connectivity index (χ3n) is 10.8.